The molecule has 0 spiro atoms. The van der Waals surface area contributed by atoms with Crippen LogP contribution in [0, 0.1) is 0 Å². The number of hydrogen-bond donors (Lipinski definition) is 2. The van der Waals surface area contributed by atoms with Gasteiger partial charge in [-0.1, -0.05) is 0 Å². The third kappa shape index (κ3) is 4.30. The lowest BCUT2D eigenvalue weighted by Gasteiger charge is -2.15. The van der Waals surface area contributed by atoms with Gasteiger partial charge in [0.25, 0.3) is 0 Å². The van der Waals surface area contributed by atoms with Gasteiger partial charge in [-0.2, -0.15) is 5.10 Å². The summed E-state index contributed by atoms with van der Waals surface area (Å²) in [4.78, 5) is 0. The number of aromatic nitrogens is 2. The SMILES string of the molecule is COCCCC(CCc1ccnn1C)NN. The highest BCUT2D eigenvalue weighted by atomic mass is 16.5. The largest absolute Gasteiger partial charge is 0.385 e. The van der Waals surface area contributed by atoms with E-state index in [0.29, 0.717) is 6.04 Å². The zero-order valence-electron chi connectivity index (χ0n) is 10.1. The fraction of sp³-hybridized carbons (Fsp3) is 0.727. The van der Waals surface area contributed by atoms with E-state index < -0.39 is 0 Å². The zero-order valence-corrected chi connectivity index (χ0v) is 10.1. The van der Waals surface area contributed by atoms with E-state index in [4.69, 9.17) is 10.6 Å². The molecule has 0 aliphatic heterocycles. The second-order valence-electron chi connectivity index (χ2n) is 3.98. The molecule has 0 aromatic carbocycles. The van der Waals surface area contributed by atoms with Gasteiger partial charge in [0.1, 0.15) is 0 Å². The first-order valence-corrected chi connectivity index (χ1v) is 5.70. The van der Waals surface area contributed by atoms with Crippen LogP contribution in [-0.2, 0) is 18.2 Å². The summed E-state index contributed by atoms with van der Waals surface area (Å²) >= 11 is 0. The number of nitrogens with one attached hydrogen (secondary N) is 1. The van der Waals surface area contributed by atoms with Crippen molar-refractivity contribution in [2.75, 3.05) is 13.7 Å². The van der Waals surface area contributed by atoms with E-state index >= 15 is 0 Å². The van der Waals surface area contributed by atoms with E-state index in [1.807, 2.05) is 24.0 Å². The van der Waals surface area contributed by atoms with Crippen molar-refractivity contribution in [1.82, 2.24) is 15.2 Å². The van der Waals surface area contributed by atoms with Gasteiger partial charge in [0.15, 0.2) is 0 Å². The fourth-order valence-corrected chi connectivity index (χ4v) is 1.75. The van der Waals surface area contributed by atoms with Crippen LogP contribution in [0.4, 0.5) is 0 Å². The number of aryl methyl sites for hydroxylation is 2. The molecule has 16 heavy (non-hydrogen) atoms. The second-order valence-corrected chi connectivity index (χ2v) is 3.98. The highest BCUT2D eigenvalue weighted by Crippen LogP contribution is 2.07. The van der Waals surface area contributed by atoms with E-state index in [0.717, 1.165) is 32.3 Å². The summed E-state index contributed by atoms with van der Waals surface area (Å²) in [5.74, 6) is 5.52. The molecule has 0 aliphatic rings. The molecule has 1 atom stereocenters. The van der Waals surface area contributed by atoms with E-state index in [-0.39, 0.29) is 0 Å². The summed E-state index contributed by atoms with van der Waals surface area (Å²) in [5.41, 5.74) is 4.10. The third-order valence-electron chi connectivity index (χ3n) is 2.81. The van der Waals surface area contributed by atoms with E-state index in [1.165, 1.54) is 5.69 Å². The van der Waals surface area contributed by atoms with Crippen LogP contribution < -0.4 is 11.3 Å². The predicted octanol–water partition coefficient (Wildman–Crippen LogP) is 0.611. The maximum absolute atomic E-state index is 5.52. The first-order valence-electron chi connectivity index (χ1n) is 5.70. The van der Waals surface area contributed by atoms with Crippen LogP contribution in [0.25, 0.3) is 0 Å². The number of ether oxygens (including phenoxy) is 1. The predicted molar refractivity (Wildman–Crippen MR) is 63.8 cm³/mol. The molecule has 92 valence electrons. The van der Waals surface area contributed by atoms with Crippen molar-refractivity contribution in [3.05, 3.63) is 18.0 Å². The Balaban J connectivity index is 2.26. The third-order valence-corrected chi connectivity index (χ3v) is 2.81. The average Bonchev–Trinajstić information content (AvgIpc) is 2.69. The first kappa shape index (κ1) is 13.2. The lowest BCUT2D eigenvalue weighted by Crippen LogP contribution is -2.35. The van der Waals surface area contributed by atoms with E-state index in [9.17, 15) is 0 Å². The molecule has 0 aliphatic carbocycles. The Bertz CT molecular complexity index is 287. The van der Waals surface area contributed by atoms with Gasteiger partial charge in [-0.05, 0) is 31.7 Å². The molecule has 1 aromatic rings. The van der Waals surface area contributed by atoms with Gasteiger partial charge in [-0.15, -0.1) is 0 Å². The van der Waals surface area contributed by atoms with Crippen molar-refractivity contribution in [2.24, 2.45) is 12.9 Å². The molecule has 5 heteroatoms. The molecule has 1 heterocycles. The molecule has 0 amide bonds. The number of hydrazine groups is 1. The molecule has 0 saturated carbocycles. The molecule has 1 unspecified atom stereocenters. The van der Waals surface area contributed by atoms with Crippen LogP contribution in [0.2, 0.25) is 0 Å². The van der Waals surface area contributed by atoms with Crippen LogP contribution in [0.15, 0.2) is 12.3 Å². The molecule has 0 saturated heterocycles. The van der Waals surface area contributed by atoms with E-state index in [2.05, 4.69) is 10.5 Å². The summed E-state index contributed by atoms with van der Waals surface area (Å²) in [6.45, 7) is 0.796. The monoisotopic (exact) mass is 226 g/mol. The maximum Gasteiger partial charge on any atom is 0.0492 e. The van der Waals surface area contributed by atoms with Gasteiger partial charge in [0.05, 0.1) is 0 Å². The second kappa shape index (κ2) is 7.38. The molecule has 3 N–H and O–H groups in total. The molecule has 1 rings (SSSR count). The molecule has 0 bridgehead atoms. The fourth-order valence-electron chi connectivity index (χ4n) is 1.75. The minimum Gasteiger partial charge on any atom is -0.385 e. The Kier molecular flexibility index (Phi) is 6.07. The molecule has 0 fully saturated rings. The van der Waals surface area contributed by atoms with Crippen LogP contribution in [0.5, 0.6) is 0 Å². The summed E-state index contributed by atoms with van der Waals surface area (Å²) in [6, 6.07) is 2.40. The molecular formula is C11H22N4O. The molecule has 1 aromatic heterocycles. The topological polar surface area (TPSA) is 65.1 Å². The Morgan fingerprint density at radius 3 is 2.94 bits per heavy atom. The summed E-state index contributed by atoms with van der Waals surface area (Å²) in [5, 5.41) is 4.14. The number of rotatable bonds is 8. The van der Waals surface area contributed by atoms with Crippen LogP contribution >= 0.6 is 0 Å². The standard InChI is InChI=1S/C11H22N4O/c1-15-11(7-8-13-15)6-5-10(14-12)4-3-9-16-2/h7-8,10,14H,3-6,9,12H2,1-2H3. The lowest BCUT2D eigenvalue weighted by molar-refractivity contribution is 0.188. The smallest absolute Gasteiger partial charge is 0.0492 e. The van der Waals surface area contributed by atoms with Crippen molar-refractivity contribution in [2.45, 2.75) is 31.7 Å². The van der Waals surface area contributed by atoms with Crippen LogP contribution in [0.1, 0.15) is 25.0 Å². The van der Waals surface area contributed by atoms with Crippen LogP contribution in [0.3, 0.4) is 0 Å². The Morgan fingerprint density at radius 2 is 2.38 bits per heavy atom. The van der Waals surface area contributed by atoms with Gasteiger partial charge in [0.2, 0.25) is 0 Å². The highest BCUT2D eigenvalue weighted by molar-refractivity contribution is 5.00. The Morgan fingerprint density at radius 1 is 1.56 bits per heavy atom. The maximum atomic E-state index is 5.52. The summed E-state index contributed by atoms with van der Waals surface area (Å²) < 4.78 is 6.93. The number of nitrogens with zero attached hydrogens (tertiary/aromatic N) is 2. The van der Waals surface area contributed by atoms with Gasteiger partial charge < -0.3 is 4.74 Å². The van der Waals surface area contributed by atoms with Crippen molar-refractivity contribution in [3.8, 4) is 0 Å². The van der Waals surface area contributed by atoms with Crippen molar-refractivity contribution in [3.63, 3.8) is 0 Å². The summed E-state index contributed by atoms with van der Waals surface area (Å²) in [6.07, 6.45) is 5.93. The van der Waals surface area contributed by atoms with Crippen molar-refractivity contribution < 1.29 is 4.74 Å². The number of methoxy groups -OCH3 is 1. The van der Waals surface area contributed by atoms with Gasteiger partial charge in [-0.25, -0.2) is 0 Å². The Hall–Kier alpha value is -0.910. The van der Waals surface area contributed by atoms with Gasteiger partial charge in [0, 0.05) is 38.7 Å². The van der Waals surface area contributed by atoms with Crippen LogP contribution in [-0.4, -0.2) is 29.5 Å². The number of hydrogen-bond acceptors (Lipinski definition) is 4. The normalized spacial score (nSPS) is 12.9. The van der Waals surface area contributed by atoms with Crippen molar-refractivity contribution >= 4 is 0 Å². The Labute approximate surface area is 96.9 Å². The average molecular weight is 226 g/mol. The van der Waals surface area contributed by atoms with Gasteiger partial charge >= 0.3 is 0 Å². The minimum absolute atomic E-state index is 0.352. The van der Waals surface area contributed by atoms with Gasteiger partial charge in [-0.3, -0.25) is 16.0 Å². The molecular weight excluding hydrogens is 204 g/mol. The molecule has 0 radical (unpaired) electrons. The number of nitrogens with two attached hydrogens (primary N) is 1. The first-order chi connectivity index (χ1) is 7.77. The van der Waals surface area contributed by atoms with E-state index in [1.54, 1.807) is 7.11 Å². The quantitative estimate of drug-likeness (QED) is 0.387. The lowest BCUT2D eigenvalue weighted by atomic mass is 10.1. The minimum atomic E-state index is 0.352. The molecule has 5 nitrogen and oxygen atoms in total. The highest BCUT2D eigenvalue weighted by Gasteiger charge is 2.07. The van der Waals surface area contributed by atoms with Crippen molar-refractivity contribution in [1.29, 1.82) is 0 Å². The zero-order chi connectivity index (χ0) is 11.8. The summed E-state index contributed by atoms with van der Waals surface area (Å²) in [7, 11) is 3.69.